The molecule has 4 atom stereocenters. The van der Waals surface area contributed by atoms with Crippen LogP contribution in [0.3, 0.4) is 0 Å². The van der Waals surface area contributed by atoms with Crippen molar-refractivity contribution in [2.75, 3.05) is 0 Å². The second-order valence-corrected chi connectivity index (χ2v) is 9.05. The lowest BCUT2D eigenvalue weighted by Crippen LogP contribution is -2.50. The van der Waals surface area contributed by atoms with Gasteiger partial charge in [-0.3, -0.25) is 8.98 Å². The number of alkyl halides is 3. The van der Waals surface area contributed by atoms with Crippen LogP contribution in [0.4, 0.5) is 13.2 Å². The van der Waals surface area contributed by atoms with Crippen LogP contribution in [0.15, 0.2) is 30.3 Å². The Bertz CT molecular complexity index is 889. The van der Waals surface area contributed by atoms with E-state index in [9.17, 15) is 31.2 Å². The molecule has 1 aliphatic carbocycles. The van der Waals surface area contributed by atoms with Crippen molar-refractivity contribution in [3.8, 4) is 0 Å². The third kappa shape index (κ3) is 4.61. The molecule has 1 aromatic carbocycles. The van der Waals surface area contributed by atoms with Gasteiger partial charge in [0, 0.05) is 6.04 Å². The number of amides is 1. The molecule has 1 amide bonds. The molecule has 1 saturated carbocycles. The molecule has 30 heavy (non-hydrogen) atoms. The number of carbonyl (C=O) groups is 2. The van der Waals surface area contributed by atoms with Crippen LogP contribution < -0.4 is 0 Å². The van der Waals surface area contributed by atoms with E-state index >= 15 is 0 Å². The number of carbonyl (C=O) groups excluding carboxylic acids is 2. The average Bonchev–Trinajstić information content (AvgIpc) is 3.26. The standard InChI is InChI=1S/C19H22F3NO6S/c1-12(29-30(26,27)19(20,21)22)17(24)23-15-9-5-8-14(15)10-16(23)18(25)28-11-13-6-3-2-4-7-13/h2-4,6-7,12,14-16H,5,8-11H2,1H3/t12-,14-,15+,16+/m1/s1. The van der Waals surface area contributed by atoms with Crippen LogP contribution in [-0.2, 0) is 35.2 Å². The van der Waals surface area contributed by atoms with Gasteiger partial charge in [0.2, 0.25) is 0 Å². The number of benzene rings is 1. The molecule has 11 heteroatoms. The van der Waals surface area contributed by atoms with Crippen LogP contribution in [0.1, 0.15) is 38.2 Å². The highest BCUT2D eigenvalue weighted by Crippen LogP contribution is 2.42. The quantitative estimate of drug-likeness (QED) is 0.377. The van der Waals surface area contributed by atoms with Gasteiger partial charge in [-0.1, -0.05) is 36.8 Å². The first-order valence-electron chi connectivity index (χ1n) is 9.53. The Balaban J connectivity index is 1.73. The van der Waals surface area contributed by atoms with Gasteiger partial charge in [0.1, 0.15) is 12.6 Å². The Kier molecular flexibility index (Phi) is 6.42. The van der Waals surface area contributed by atoms with Gasteiger partial charge >= 0.3 is 21.6 Å². The molecule has 3 rings (SSSR count). The molecular formula is C19H22F3NO6S. The smallest absolute Gasteiger partial charge is 0.459 e. The van der Waals surface area contributed by atoms with E-state index in [1.54, 1.807) is 30.3 Å². The lowest BCUT2D eigenvalue weighted by atomic mass is 10.0. The molecule has 0 spiro atoms. The minimum Gasteiger partial charge on any atom is -0.459 e. The van der Waals surface area contributed by atoms with Gasteiger partial charge in [-0.2, -0.15) is 21.6 Å². The summed E-state index contributed by atoms with van der Waals surface area (Å²) in [5, 5.41) is 0. The van der Waals surface area contributed by atoms with Crippen LogP contribution >= 0.6 is 0 Å². The van der Waals surface area contributed by atoms with Gasteiger partial charge in [-0.05, 0) is 37.7 Å². The van der Waals surface area contributed by atoms with E-state index in [-0.39, 0.29) is 18.6 Å². The van der Waals surface area contributed by atoms with Gasteiger partial charge in [0.05, 0.1) is 0 Å². The maximum Gasteiger partial charge on any atom is 0.523 e. The topological polar surface area (TPSA) is 90.0 Å². The van der Waals surface area contributed by atoms with Crippen molar-refractivity contribution in [1.29, 1.82) is 0 Å². The zero-order valence-corrected chi connectivity index (χ0v) is 17.0. The predicted molar refractivity (Wildman–Crippen MR) is 98.1 cm³/mol. The predicted octanol–water partition coefficient (Wildman–Crippen LogP) is 2.75. The van der Waals surface area contributed by atoms with Crippen molar-refractivity contribution < 1.29 is 40.1 Å². The van der Waals surface area contributed by atoms with Crippen LogP contribution in [0.25, 0.3) is 0 Å². The molecule has 1 aromatic rings. The van der Waals surface area contributed by atoms with Crippen molar-refractivity contribution in [3.63, 3.8) is 0 Å². The lowest BCUT2D eigenvalue weighted by molar-refractivity contribution is -0.158. The fraction of sp³-hybridized carbons (Fsp3) is 0.579. The number of hydrogen-bond donors (Lipinski definition) is 0. The summed E-state index contributed by atoms with van der Waals surface area (Å²) in [6, 6.07) is 7.54. The molecule has 0 N–H and O–H groups in total. The molecule has 1 heterocycles. The second kappa shape index (κ2) is 8.54. The van der Waals surface area contributed by atoms with E-state index in [4.69, 9.17) is 4.74 Å². The second-order valence-electron chi connectivity index (χ2n) is 7.49. The molecule has 0 aromatic heterocycles. The summed E-state index contributed by atoms with van der Waals surface area (Å²) in [4.78, 5) is 26.7. The van der Waals surface area contributed by atoms with E-state index in [2.05, 4.69) is 4.18 Å². The number of fused-ring (bicyclic) bond motifs is 1. The zero-order valence-electron chi connectivity index (χ0n) is 16.2. The van der Waals surface area contributed by atoms with Gasteiger partial charge in [-0.15, -0.1) is 0 Å². The summed E-state index contributed by atoms with van der Waals surface area (Å²) in [6.45, 7) is 0.919. The first-order valence-corrected chi connectivity index (χ1v) is 10.9. The number of ether oxygens (including phenoxy) is 1. The molecule has 166 valence electrons. The Morgan fingerprint density at radius 3 is 2.50 bits per heavy atom. The van der Waals surface area contributed by atoms with Crippen molar-refractivity contribution in [3.05, 3.63) is 35.9 Å². The SMILES string of the molecule is C[C@@H](OS(=O)(=O)C(F)(F)F)C(=O)N1[C@H](C(=O)OCc2ccccc2)C[C@H]2CCC[C@@H]21. The molecule has 1 saturated heterocycles. The van der Waals surface area contributed by atoms with E-state index in [0.717, 1.165) is 25.3 Å². The lowest BCUT2D eigenvalue weighted by Gasteiger charge is -2.30. The number of hydrogen-bond acceptors (Lipinski definition) is 6. The minimum atomic E-state index is -5.94. The maximum absolute atomic E-state index is 12.8. The Morgan fingerprint density at radius 1 is 1.20 bits per heavy atom. The first-order chi connectivity index (χ1) is 14.0. The largest absolute Gasteiger partial charge is 0.523 e. The van der Waals surface area contributed by atoms with Gasteiger partial charge in [0.25, 0.3) is 5.91 Å². The highest BCUT2D eigenvalue weighted by molar-refractivity contribution is 7.87. The molecule has 2 fully saturated rings. The van der Waals surface area contributed by atoms with Crippen molar-refractivity contribution in [2.24, 2.45) is 5.92 Å². The summed E-state index contributed by atoms with van der Waals surface area (Å²) < 4.78 is 69.8. The average molecular weight is 449 g/mol. The Morgan fingerprint density at radius 2 is 1.87 bits per heavy atom. The molecule has 1 aliphatic heterocycles. The van der Waals surface area contributed by atoms with Gasteiger partial charge < -0.3 is 9.64 Å². The highest BCUT2D eigenvalue weighted by atomic mass is 32.2. The fourth-order valence-corrected chi connectivity index (χ4v) is 4.71. The molecular weight excluding hydrogens is 427 g/mol. The van der Waals surface area contributed by atoms with E-state index < -0.39 is 39.6 Å². The molecule has 0 bridgehead atoms. The van der Waals surface area contributed by atoms with E-state index in [1.165, 1.54) is 4.90 Å². The van der Waals surface area contributed by atoms with Crippen molar-refractivity contribution in [2.45, 2.75) is 62.9 Å². The van der Waals surface area contributed by atoms with Crippen LogP contribution in [0, 0.1) is 5.92 Å². The van der Waals surface area contributed by atoms with E-state index in [0.29, 0.717) is 12.8 Å². The summed E-state index contributed by atoms with van der Waals surface area (Å²) in [6.07, 6.45) is 0.564. The van der Waals surface area contributed by atoms with Gasteiger partial charge in [0.15, 0.2) is 6.10 Å². The maximum atomic E-state index is 12.8. The van der Waals surface area contributed by atoms with E-state index in [1.807, 2.05) is 0 Å². The molecule has 2 aliphatic rings. The third-order valence-corrected chi connectivity index (χ3v) is 6.60. The van der Waals surface area contributed by atoms with Crippen LogP contribution in [0.2, 0.25) is 0 Å². The summed E-state index contributed by atoms with van der Waals surface area (Å²) in [7, 11) is -5.94. The number of esters is 1. The number of rotatable bonds is 6. The zero-order chi connectivity index (χ0) is 22.1. The molecule has 0 radical (unpaired) electrons. The van der Waals surface area contributed by atoms with Crippen molar-refractivity contribution in [1.82, 2.24) is 4.90 Å². The highest BCUT2D eigenvalue weighted by Gasteiger charge is 2.53. The summed E-state index contributed by atoms with van der Waals surface area (Å²) in [5.41, 5.74) is -4.90. The fourth-order valence-electron chi connectivity index (χ4n) is 4.14. The number of nitrogens with zero attached hydrogens (tertiary/aromatic N) is 1. The van der Waals surface area contributed by atoms with Crippen LogP contribution in [0.5, 0.6) is 0 Å². The number of halogens is 3. The van der Waals surface area contributed by atoms with Gasteiger partial charge in [-0.25, -0.2) is 4.79 Å². The monoisotopic (exact) mass is 449 g/mol. The minimum absolute atomic E-state index is 0.00893. The van der Waals surface area contributed by atoms with Crippen molar-refractivity contribution >= 4 is 22.0 Å². The summed E-state index contributed by atoms with van der Waals surface area (Å²) in [5.74, 6) is -1.64. The molecule has 7 nitrogen and oxygen atoms in total. The third-order valence-electron chi connectivity index (χ3n) is 5.49. The Labute approximate surface area is 172 Å². The Hall–Kier alpha value is -2.14. The normalized spacial score (nSPS) is 25.1. The molecule has 0 unspecified atom stereocenters. The summed E-state index contributed by atoms with van der Waals surface area (Å²) >= 11 is 0. The first kappa shape index (κ1) is 22.5. The van der Waals surface area contributed by atoms with Crippen LogP contribution in [-0.4, -0.2) is 48.9 Å². The number of likely N-dealkylation sites (tertiary alicyclic amines) is 1.